The third-order valence-corrected chi connectivity index (χ3v) is 8.14. The second kappa shape index (κ2) is 10.8. The molecule has 4 heterocycles. The number of fused-ring (bicyclic) bond motifs is 1. The average molecular weight is 595 g/mol. The molecule has 0 spiro atoms. The standard InChI is InChI=1S/C26H30F4N8O4/c1-41-11-18(37-13-26(29,30)12-31-24(37)40)16-8-19-33-17(10-38(19)32-9-16)20(15-4-6-25(27,28)7-5-15)34-23(39)22-21(14-2-3-14)35-42-36-22/h8-10,14-15,18,20H,2-7,11-13H2,1H3,(H,31,40)(H,34,39)/t18-,20+/m1/s1. The first-order chi connectivity index (χ1) is 20.0. The molecule has 3 fully saturated rings. The van der Waals surface area contributed by atoms with E-state index in [1.165, 1.54) is 17.8 Å². The summed E-state index contributed by atoms with van der Waals surface area (Å²) in [6.07, 6.45) is 4.44. The number of hydrogen-bond donors (Lipinski definition) is 2. The van der Waals surface area contributed by atoms with Crippen LogP contribution < -0.4 is 10.6 Å². The van der Waals surface area contributed by atoms with Crippen molar-refractivity contribution in [2.75, 3.05) is 26.8 Å². The highest BCUT2D eigenvalue weighted by Crippen LogP contribution is 2.43. The molecule has 0 aromatic carbocycles. The number of urea groups is 1. The molecule has 3 amide bonds. The van der Waals surface area contributed by atoms with Gasteiger partial charge in [0, 0.05) is 31.4 Å². The van der Waals surface area contributed by atoms with Crippen LogP contribution in [-0.2, 0) is 4.74 Å². The van der Waals surface area contributed by atoms with Crippen LogP contribution in [0.3, 0.4) is 0 Å². The van der Waals surface area contributed by atoms with Crippen LogP contribution in [0.5, 0.6) is 0 Å². The van der Waals surface area contributed by atoms with Crippen LogP contribution in [0.4, 0.5) is 22.4 Å². The maximum Gasteiger partial charge on any atom is 0.318 e. The van der Waals surface area contributed by atoms with E-state index < -0.39 is 49.0 Å². The van der Waals surface area contributed by atoms with Gasteiger partial charge in [-0.3, -0.25) is 4.79 Å². The van der Waals surface area contributed by atoms with Crippen molar-refractivity contribution in [1.29, 1.82) is 0 Å². The van der Waals surface area contributed by atoms with Gasteiger partial charge in [0.1, 0.15) is 5.69 Å². The van der Waals surface area contributed by atoms with Gasteiger partial charge in [-0.25, -0.2) is 36.5 Å². The maximum absolute atomic E-state index is 14.2. The van der Waals surface area contributed by atoms with Gasteiger partial charge in [0.2, 0.25) is 5.92 Å². The fourth-order valence-corrected chi connectivity index (χ4v) is 5.72. The Kier molecular flexibility index (Phi) is 7.27. The van der Waals surface area contributed by atoms with Crippen molar-refractivity contribution in [3.63, 3.8) is 0 Å². The first-order valence-corrected chi connectivity index (χ1v) is 13.8. The van der Waals surface area contributed by atoms with E-state index in [4.69, 9.17) is 9.37 Å². The van der Waals surface area contributed by atoms with Crippen LogP contribution in [0.15, 0.2) is 23.1 Å². The van der Waals surface area contributed by atoms with E-state index >= 15 is 0 Å². The summed E-state index contributed by atoms with van der Waals surface area (Å²) >= 11 is 0. The summed E-state index contributed by atoms with van der Waals surface area (Å²) in [5, 5.41) is 17.2. The van der Waals surface area contributed by atoms with E-state index in [0.29, 0.717) is 22.6 Å². The molecular weight excluding hydrogens is 564 g/mol. The minimum Gasteiger partial charge on any atom is -0.382 e. The summed E-state index contributed by atoms with van der Waals surface area (Å²) < 4.78 is 67.9. The van der Waals surface area contributed by atoms with Gasteiger partial charge in [-0.15, -0.1) is 0 Å². The lowest BCUT2D eigenvalue weighted by molar-refractivity contribution is -0.0510. The summed E-state index contributed by atoms with van der Waals surface area (Å²) in [5.41, 5.74) is 1.65. The van der Waals surface area contributed by atoms with Crippen molar-refractivity contribution < 1.29 is 36.5 Å². The van der Waals surface area contributed by atoms with Crippen LogP contribution >= 0.6 is 0 Å². The molecule has 1 saturated heterocycles. The van der Waals surface area contributed by atoms with Crippen LogP contribution in [0, 0.1) is 5.92 Å². The van der Waals surface area contributed by atoms with Crippen molar-refractivity contribution in [3.8, 4) is 0 Å². The Balaban J connectivity index is 1.31. The quantitative estimate of drug-likeness (QED) is 0.358. The highest BCUT2D eigenvalue weighted by molar-refractivity contribution is 5.93. The molecule has 2 aliphatic carbocycles. The van der Waals surface area contributed by atoms with Gasteiger partial charge >= 0.3 is 6.03 Å². The largest absolute Gasteiger partial charge is 0.382 e. The number of carbonyl (C=O) groups excluding carboxylic acids is 2. The molecule has 3 aromatic rings. The number of alkyl halides is 4. The fraction of sp³-hybridized carbons (Fsp3) is 0.615. The third-order valence-electron chi connectivity index (χ3n) is 8.14. The van der Waals surface area contributed by atoms with Gasteiger partial charge in [0.05, 0.1) is 49.9 Å². The Bertz CT molecular complexity index is 1470. The molecule has 3 aliphatic rings. The SMILES string of the molecule is COC[C@H](c1cnn2cc([C@@H](NC(=O)c3nonc3C3CC3)C3CCC(F)(F)CC3)nc2c1)N1CC(F)(F)CNC1=O. The molecule has 0 bridgehead atoms. The van der Waals surface area contributed by atoms with Gasteiger partial charge in [-0.1, -0.05) is 5.16 Å². The molecule has 42 heavy (non-hydrogen) atoms. The molecule has 226 valence electrons. The highest BCUT2D eigenvalue weighted by atomic mass is 19.3. The van der Waals surface area contributed by atoms with E-state index in [-0.39, 0.29) is 49.8 Å². The van der Waals surface area contributed by atoms with Crippen molar-refractivity contribution in [3.05, 3.63) is 41.1 Å². The van der Waals surface area contributed by atoms with Gasteiger partial charge in [0.25, 0.3) is 11.8 Å². The first kappa shape index (κ1) is 28.3. The topological polar surface area (TPSA) is 140 Å². The van der Waals surface area contributed by atoms with Crippen LogP contribution in [0.2, 0.25) is 0 Å². The Labute approximate surface area is 237 Å². The molecule has 0 radical (unpaired) electrons. The molecule has 2 atom stereocenters. The number of hydrogen-bond acceptors (Lipinski definition) is 8. The Hall–Kier alpha value is -3.82. The van der Waals surface area contributed by atoms with Gasteiger partial charge < -0.3 is 20.3 Å². The number of rotatable bonds is 9. The third kappa shape index (κ3) is 5.76. The summed E-state index contributed by atoms with van der Waals surface area (Å²) in [6.45, 7) is -1.62. The summed E-state index contributed by atoms with van der Waals surface area (Å²) in [6, 6.07) is -0.683. The van der Waals surface area contributed by atoms with Crippen molar-refractivity contribution in [1.82, 2.24) is 40.4 Å². The van der Waals surface area contributed by atoms with Crippen molar-refractivity contribution in [2.45, 2.75) is 68.4 Å². The number of aromatic nitrogens is 5. The summed E-state index contributed by atoms with van der Waals surface area (Å²) in [5.74, 6) is -6.68. The van der Waals surface area contributed by atoms with E-state index in [9.17, 15) is 27.2 Å². The lowest BCUT2D eigenvalue weighted by Gasteiger charge is -2.38. The molecule has 12 nitrogen and oxygen atoms in total. The maximum atomic E-state index is 14.2. The number of carbonyl (C=O) groups is 2. The van der Waals surface area contributed by atoms with Crippen LogP contribution in [0.25, 0.3) is 5.65 Å². The lowest BCUT2D eigenvalue weighted by Crippen LogP contribution is -2.58. The van der Waals surface area contributed by atoms with E-state index in [1.807, 2.05) is 0 Å². The molecule has 16 heteroatoms. The number of amides is 3. The van der Waals surface area contributed by atoms with Gasteiger partial charge in [-0.2, -0.15) is 5.10 Å². The zero-order valence-corrected chi connectivity index (χ0v) is 22.7. The summed E-state index contributed by atoms with van der Waals surface area (Å²) in [4.78, 5) is 31.5. The number of imidazole rings is 1. The zero-order chi connectivity index (χ0) is 29.6. The predicted molar refractivity (Wildman–Crippen MR) is 136 cm³/mol. The number of ether oxygens (including phenoxy) is 1. The Morgan fingerprint density at radius 3 is 2.67 bits per heavy atom. The summed E-state index contributed by atoms with van der Waals surface area (Å²) in [7, 11) is 1.40. The Morgan fingerprint density at radius 1 is 1.19 bits per heavy atom. The minimum atomic E-state index is -3.13. The Morgan fingerprint density at radius 2 is 1.95 bits per heavy atom. The first-order valence-electron chi connectivity index (χ1n) is 13.8. The van der Waals surface area contributed by atoms with Crippen LogP contribution in [0.1, 0.15) is 84.0 Å². The number of methoxy groups -OCH3 is 1. The highest BCUT2D eigenvalue weighted by Gasteiger charge is 2.43. The van der Waals surface area contributed by atoms with Crippen molar-refractivity contribution in [2.24, 2.45) is 5.92 Å². The fourth-order valence-electron chi connectivity index (χ4n) is 5.72. The number of halogens is 4. The van der Waals surface area contributed by atoms with E-state index in [2.05, 4.69) is 31.0 Å². The molecule has 3 aromatic heterocycles. The number of nitrogens with one attached hydrogen (secondary N) is 2. The van der Waals surface area contributed by atoms with Gasteiger partial charge in [0.15, 0.2) is 11.3 Å². The number of nitrogens with zero attached hydrogens (tertiary/aromatic N) is 6. The molecule has 6 rings (SSSR count). The smallest absolute Gasteiger partial charge is 0.318 e. The predicted octanol–water partition coefficient (Wildman–Crippen LogP) is 3.63. The van der Waals surface area contributed by atoms with E-state index in [0.717, 1.165) is 17.7 Å². The molecule has 2 N–H and O–H groups in total. The second-order valence-corrected chi connectivity index (χ2v) is 11.3. The minimum absolute atomic E-state index is 0.0619. The van der Waals surface area contributed by atoms with Crippen LogP contribution in [-0.4, -0.2) is 80.4 Å². The average Bonchev–Trinajstić information content (AvgIpc) is 3.51. The normalized spacial score (nSPS) is 22.1. The monoisotopic (exact) mass is 594 g/mol. The molecule has 2 saturated carbocycles. The zero-order valence-electron chi connectivity index (χ0n) is 22.7. The molecular formula is C26H30F4N8O4. The second-order valence-electron chi connectivity index (χ2n) is 11.3. The van der Waals surface area contributed by atoms with E-state index in [1.54, 1.807) is 12.3 Å². The lowest BCUT2D eigenvalue weighted by atomic mass is 9.81. The van der Waals surface area contributed by atoms with Gasteiger partial charge in [-0.05, 0) is 42.8 Å². The molecule has 1 aliphatic heterocycles. The molecule has 0 unspecified atom stereocenters. The van der Waals surface area contributed by atoms with Crippen molar-refractivity contribution >= 4 is 17.6 Å².